The second-order valence-electron chi connectivity index (χ2n) is 11.6. The van der Waals surface area contributed by atoms with E-state index in [9.17, 15) is 20.1 Å². The Balaban J connectivity index is 1.15. The van der Waals surface area contributed by atoms with Gasteiger partial charge < -0.3 is 30.1 Å². The van der Waals surface area contributed by atoms with Crippen molar-refractivity contribution >= 4 is 12.0 Å². The molecule has 248 valence electrons. The average Bonchev–Trinajstić information content (AvgIpc) is 3.10. The van der Waals surface area contributed by atoms with Gasteiger partial charge in [-0.1, -0.05) is 97.8 Å². The second-order valence-corrected chi connectivity index (χ2v) is 11.6. The average molecular weight is 638 g/mol. The van der Waals surface area contributed by atoms with E-state index in [1.54, 1.807) is 6.08 Å². The fraction of sp³-hybridized carbons (Fsp3) is 0.325. The summed E-state index contributed by atoms with van der Waals surface area (Å²) in [5.74, 6) is -0.929. The number of aliphatic hydroxyl groups is 2. The molecule has 7 heteroatoms. The molecule has 0 fully saturated rings. The Hall–Kier alpha value is -4.27. The van der Waals surface area contributed by atoms with Crippen molar-refractivity contribution in [2.75, 3.05) is 26.3 Å². The number of phenols is 1. The molecule has 4 rings (SSSR count). The third-order valence-electron chi connectivity index (χ3n) is 7.99. The molecule has 7 nitrogen and oxygen atoms in total. The Kier molecular flexibility index (Phi) is 15.2. The van der Waals surface area contributed by atoms with Crippen molar-refractivity contribution in [3.8, 4) is 22.6 Å². The molecule has 0 heterocycles. The third kappa shape index (κ3) is 12.1. The number of hydrogen-bond acceptors (Lipinski definition) is 7. The fourth-order valence-electron chi connectivity index (χ4n) is 5.32. The molecule has 0 spiro atoms. The third-order valence-corrected chi connectivity index (χ3v) is 7.99. The Morgan fingerprint density at radius 2 is 1.43 bits per heavy atom. The first-order valence-electron chi connectivity index (χ1n) is 16.6. The highest BCUT2D eigenvalue weighted by Gasteiger charge is 2.21. The van der Waals surface area contributed by atoms with Gasteiger partial charge in [0, 0.05) is 31.4 Å². The number of carbonyl (C=O) groups excluding carboxylic acids is 1. The molecule has 0 saturated carbocycles. The van der Waals surface area contributed by atoms with Gasteiger partial charge in [0.1, 0.15) is 11.5 Å². The number of ether oxygens (including phenoxy) is 2. The van der Waals surface area contributed by atoms with Crippen LogP contribution in [0.5, 0.6) is 11.5 Å². The number of aliphatic hydroxyl groups excluding tert-OH is 2. The lowest BCUT2D eigenvalue weighted by atomic mass is 10.0. The summed E-state index contributed by atoms with van der Waals surface area (Å²) in [7, 11) is 0. The molecule has 0 saturated heterocycles. The standard InChI is InChI=1S/C40H47NO6/c42-30-36-37(43)24-23-35(40(36)47-39(45)25-20-32-18-21-34(22-19-32)33-16-7-4-8-17-33)38(44)29-41-26-10-1-2-11-27-46-28-12-9-15-31-13-5-3-6-14-31/h3-8,13-14,16-25,38,41-44H,1-2,9-12,15,26-30H2/b25-20+. The van der Waals surface area contributed by atoms with Crippen LogP contribution in [0.4, 0.5) is 0 Å². The number of carbonyl (C=O) groups is 1. The molecule has 4 aromatic carbocycles. The molecule has 0 aliphatic carbocycles. The molecular weight excluding hydrogens is 590 g/mol. The first kappa shape index (κ1) is 35.6. The van der Waals surface area contributed by atoms with E-state index in [-0.39, 0.29) is 23.6 Å². The predicted octanol–water partition coefficient (Wildman–Crippen LogP) is 7.39. The monoisotopic (exact) mass is 637 g/mol. The van der Waals surface area contributed by atoms with Crippen LogP contribution in [0.15, 0.2) is 103 Å². The Morgan fingerprint density at radius 3 is 2.15 bits per heavy atom. The van der Waals surface area contributed by atoms with Crippen LogP contribution in [0.3, 0.4) is 0 Å². The summed E-state index contributed by atoms with van der Waals surface area (Å²) < 4.78 is 11.4. The molecule has 0 amide bonds. The number of unbranched alkanes of at least 4 members (excludes halogenated alkanes) is 4. The van der Waals surface area contributed by atoms with E-state index >= 15 is 0 Å². The van der Waals surface area contributed by atoms with Crippen LogP contribution >= 0.6 is 0 Å². The summed E-state index contributed by atoms with van der Waals surface area (Å²) in [6, 6.07) is 31.2. The van der Waals surface area contributed by atoms with Gasteiger partial charge in [0.25, 0.3) is 0 Å². The lowest BCUT2D eigenvalue weighted by Gasteiger charge is -2.19. The van der Waals surface area contributed by atoms with Gasteiger partial charge in [-0.25, -0.2) is 4.79 Å². The van der Waals surface area contributed by atoms with Crippen LogP contribution in [-0.4, -0.2) is 47.6 Å². The minimum Gasteiger partial charge on any atom is -0.507 e. The highest BCUT2D eigenvalue weighted by atomic mass is 16.5. The number of benzene rings is 4. The van der Waals surface area contributed by atoms with Crippen LogP contribution < -0.4 is 10.1 Å². The fourth-order valence-corrected chi connectivity index (χ4v) is 5.32. The highest BCUT2D eigenvalue weighted by molar-refractivity contribution is 5.89. The number of esters is 1. The molecule has 0 bridgehead atoms. The van der Waals surface area contributed by atoms with Crippen LogP contribution in [0.1, 0.15) is 66.9 Å². The summed E-state index contributed by atoms with van der Waals surface area (Å²) >= 11 is 0. The molecule has 0 radical (unpaired) electrons. The molecule has 0 aromatic heterocycles. The van der Waals surface area contributed by atoms with Gasteiger partial charge in [-0.15, -0.1) is 0 Å². The van der Waals surface area contributed by atoms with Gasteiger partial charge in [0.05, 0.1) is 18.3 Å². The summed E-state index contributed by atoms with van der Waals surface area (Å²) in [6.07, 6.45) is 9.34. The largest absolute Gasteiger partial charge is 0.507 e. The van der Waals surface area contributed by atoms with Crippen LogP contribution in [0, 0.1) is 0 Å². The highest BCUT2D eigenvalue weighted by Crippen LogP contribution is 2.35. The van der Waals surface area contributed by atoms with Crippen molar-refractivity contribution in [3.63, 3.8) is 0 Å². The van der Waals surface area contributed by atoms with Crippen molar-refractivity contribution in [2.45, 2.75) is 57.7 Å². The Bertz CT molecular complexity index is 1510. The maximum Gasteiger partial charge on any atom is 0.336 e. The first-order valence-corrected chi connectivity index (χ1v) is 16.6. The lowest BCUT2D eigenvalue weighted by Crippen LogP contribution is -2.23. The van der Waals surface area contributed by atoms with E-state index < -0.39 is 18.7 Å². The van der Waals surface area contributed by atoms with Crippen LogP contribution in [0.25, 0.3) is 17.2 Å². The van der Waals surface area contributed by atoms with Crippen LogP contribution in [-0.2, 0) is 22.6 Å². The van der Waals surface area contributed by atoms with Gasteiger partial charge in [-0.3, -0.25) is 0 Å². The van der Waals surface area contributed by atoms with Gasteiger partial charge >= 0.3 is 5.97 Å². The number of aryl methyl sites for hydroxylation is 1. The lowest BCUT2D eigenvalue weighted by molar-refractivity contribution is -0.129. The minimum atomic E-state index is -1.01. The molecule has 0 aliphatic heterocycles. The molecule has 4 N–H and O–H groups in total. The number of nitrogens with one attached hydrogen (secondary N) is 1. The minimum absolute atomic E-state index is 0.0315. The normalized spacial score (nSPS) is 12.0. The molecule has 47 heavy (non-hydrogen) atoms. The molecule has 4 aromatic rings. The van der Waals surface area contributed by atoms with Gasteiger partial charge in [-0.2, -0.15) is 0 Å². The quantitative estimate of drug-likeness (QED) is 0.0346. The summed E-state index contributed by atoms with van der Waals surface area (Å²) in [5.41, 5.74) is 4.72. The maximum absolute atomic E-state index is 12.8. The first-order chi connectivity index (χ1) is 23.0. The van der Waals surface area contributed by atoms with Gasteiger partial charge in [-0.05, 0) is 79.1 Å². The SMILES string of the molecule is O=C(/C=C/c1ccc(-c2ccccc2)cc1)Oc1c(C(O)CNCCCCCCOCCCCc2ccccc2)ccc(O)c1CO. The molecule has 1 atom stereocenters. The summed E-state index contributed by atoms with van der Waals surface area (Å²) in [5, 5.41) is 34.4. The number of rotatable bonds is 20. The van der Waals surface area contributed by atoms with E-state index in [0.717, 1.165) is 81.4 Å². The Morgan fingerprint density at radius 1 is 0.766 bits per heavy atom. The van der Waals surface area contributed by atoms with Crippen molar-refractivity contribution in [3.05, 3.63) is 125 Å². The van der Waals surface area contributed by atoms with Crippen LogP contribution in [0.2, 0.25) is 0 Å². The number of aromatic hydroxyl groups is 1. The molecule has 0 aliphatic rings. The zero-order valence-electron chi connectivity index (χ0n) is 27.0. The summed E-state index contributed by atoms with van der Waals surface area (Å²) in [4.78, 5) is 12.8. The van der Waals surface area contributed by atoms with E-state index in [1.165, 1.54) is 23.8 Å². The van der Waals surface area contributed by atoms with Gasteiger partial charge in [0.15, 0.2) is 0 Å². The zero-order valence-corrected chi connectivity index (χ0v) is 27.0. The maximum atomic E-state index is 12.8. The van der Waals surface area contributed by atoms with Gasteiger partial charge in [0.2, 0.25) is 0 Å². The van der Waals surface area contributed by atoms with Crippen molar-refractivity contribution in [1.82, 2.24) is 5.32 Å². The molecular formula is C40H47NO6. The van der Waals surface area contributed by atoms with E-state index in [0.29, 0.717) is 5.56 Å². The van der Waals surface area contributed by atoms with Crippen molar-refractivity contribution in [1.29, 1.82) is 0 Å². The zero-order chi connectivity index (χ0) is 33.1. The summed E-state index contributed by atoms with van der Waals surface area (Å²) in [6.45, 7) is 1.99. The van der Waals surface area contributed by atoms with E-state index in [2.05, 4.69) is 29.6 Å². The predicted molar refractivity (Wildman–Crippen MR) is 187 cm³/mol. The smallest absolute Gasteiger partial charge is 0.336 e. The second kappa shape index (κ2) is 20.1. The molecule has 1 unspecified atom stereocenters. The van der Waals surface area contributed by atoms with Crippen molar-refractivity contribution in [2.24, 2.45) is 0 Å². The van der Waals surface area contributed by atoms with E-state index in [4.69, 9.17) is 9.47 Å². The topological polar surface area (TPSA) is 108 Å². The van der Waals surface area contributed by atoms with E-state index in [1.807, 2.05) is 60.7 Å². The van der Waals surface area contributed by atoms with Crippen molar-refractivity contribution < 1.29 is 29.6 Å². The number of hydrogen-bond donors (Lipinski definition) is 4. The Labute approximate surface area is 278 Å².